The van der Waals surface area contributed by atoms with Crippen LogP contribution in [0.1, 0.15) is 63.1 Å². The maximum absolute atomic E-state index is 12.2. The molecule has 1 aliphatic rings. The molecule has 1 fully saturated rings. The summed E-state index contributed by atoms with van der Waals surface area (Å²) in [7, 11) is 0. The fourth-order valence-corrected chi connectivity index (χ4v) is 3.68. The first-order valence-electron chi connectivity index (χ1n) is 12.6. The van der Waals surface area contributed by atoms with Crippen molar-refractivity contribution in [2.45, 2.75) is 65.0 Å². The number of anilines is 4. The first kappa shape index (κ1) is 27.9. The van der Waals surface area contributed by atoms with Gasteiger partial charge in [-0.2, -0.15) is 0 Å². The highest BCUT2D eigenvalue weighted by Gasteiger charge is 2.21. The van der Waals surface area contributed by atoms with Gasteiger partial charge in [-0.25, -0.2) is 19.7 Å². The van der Waals surface area contributed by atoms with Gasteiger partial charge in [0.05, 0.1) is 5.69 Å². The van der Waals surface area contributed by atoms with E-state index in [1.807, 2.05) is 27.7 Å². The zero-order chi connectivity index (χ0) is 26.8. The molecule has 2 amide bonds. The van der Waals surface area contributed by atoms with Crippen LogP contribution in [0.3, 0.4) is 0 Å². The number of alkyl carbamates (subject to hydrolysis) is 1. The average molecular weight is 515 g/mol. The molecule has 3 rings (SSSR count). The summed E-state index contributed by atoms with van der Waals surface area (Å²) < 4.78 is 10.7. The molecule has 0 aromatic carbocycles. The SMILES string of the molecule is CCc1nc(C(N)=O)c(Nc2ccnc(NCCCNC(=O)OC(C)(C)C)c2)nc1NC1CCOCC1. The second-order valence-corrected chi connectivity index (χ2v) is 9.73. The minimum atomic E-state index is -0.660. The zero-order valence-corrected chi connectivity index (χ0v) is 22.0. The van der Waals surface area contributed by atoms with E-state index in [1.54, 1.807) is 18.3 Å². The summed E-state index contributed by atoms with van der Waals surface area (Å²) in [6.07, 6.45) is 4.22. The van der Waals surface area contributed by atoms with Crippen LogP contribution >= 0.6 is 0 Å². The number of aromatic nitrogens is 3. The van der Waals surface area contributed by atoms with Gasteiger partial charge in [-0.1, -0.05) is 6.92 Å². The number of carbonyl (C=O) groups is 2. The largest absolute Gasteiger partial charge is 0.444 e. The highest BCUT2D eigenvalue weighted by atomic mass is 16.6. The number of aryl methyl sites for hydroxylation is 1. The van der Waals surface area contributed by atoms with Gasteiger partial charge in [-0.3, -0.25) is 4.79 Å². The summed E-state index contributed by atoms with van der Waals surface area (Å²) in [6, 6.07) is 3.79. The van der Waals surface area contributed by atoms with E-state index in [4.69, 9.17) is 20.2 Å². The second kappa shape index (κ2) is 13.0. The van der Waals surface area contributed by atoms with Crippen LogP contribution in [0.2, 0.25) is 0 Å². The van der Waals surface area contributed by atoms with E-state index >= 15 is 0 Å². The Kier molecular flexibility index (Phi) is 9.84. The second-order valence-electron chi connectivity index (χ2n) is 9.73. The van der Waals surface area contributed by atoms with Gasteiger partial charge in [0, 0.05) is 50.3 Å². The lowest BCUT2D eigenvalue weighted by Crippen LogP contribution is -2.33. The van der Waals surface area contributed by atoms with Crippen molar-refractivity contribution in [1.82, 2.24) is 20.3 Å². The molecule has 2 aromatic heterocycles. The normalized spacial score (nSPS) is 14.1. The molecule has 0 bridgehead atoms. The average Bonchev–Trinajstić information content (AvgIpc) is 2.83. The van der Waals surface area contributed by atoms with Crippen molar-refractivity contribution in [3.63, 3.8) is 0 Å². The molecular formula is C25H38N8O4. The molecule has 12 nitrogen and oxygen atoms in total. The number of primary amides is 1. The van der Waals surface area contributed by atoms with Gasteiger partial charge in [-0.15, -0.1) is 0 Å². The third-order valence-electron chi connectivity index (χ3n) is 5.45. The van der Waals surface area contributed by atoms with Crippen molar-refractivity contribution in [1.29, 1.82) is 0 Å². The van der Waals surface area contributed by atoms with Gasteiger partial charge in [0.1, 0.15) is 11.4 Å². The van der Waals surface area contributed by atoms with E-state index in [0.717, 1.165) is 12.8 Å². The maximum Gasteiger partial charge on any atom is 0.407 e. The van der Waals surface area contributed by atoms with Crippen LogP contribution in [0.5, 0.6) is 0 Å². The molecule has 0 saturated carbocycles. The van der Waals surface area contributed by atoms with Crippen molar-refractivity contribution in [3.05, 3.63) is 29.7 Å². The third kappa shape index (κ3) is 9.05. The van der Waals surface area contributed by atoms with E-state index in [-0.39, 0.29) is 17.6 Å². The Balaban J connectivity index is 1.64. The van der Waals surface area contributed by atoms with Crippen LogP contribution in [-0.4, -0.2) is 64.9 Å². The molecule has 12 heteroatoms. The Hall–Kier alpha value is -3.67. The Labute approximate surface area is 217 Å². The van der Waals surface area contributed by atoms with Crippen LogP contribution in [-0.2, 0) is 15.9 Å². The summed E-state index contributed by atoms with van der Waals surface area (Å²) >= 11 is 0. The standard InChI is InChI=1S/C25H38N8O4/c1-5-18-22(30-16-8-13-36-14-9-16)33-23(20(32-18)21(26)34)31-17-7-12-28-19(15-17)27-10-6-11-29-24(35)37-25(2,3)4/h7,12,15-16H,5-6,8-11,13-14H2,1-4H3,(H2,26,34)(H,29,35)(H3,27,28,30,31,33). The molecule has 202 valence electrons. The molecular weight excluding hydrogens is 476 g/mol. The summed E-state index contributed by atoms with van der Waals surface area (Å²) in [5.74, 6) is 0.874. The summed E-state index contributed by atoms with van der Waals surface area (Å²) in [4.78, 5) is 37.4. The molecule has 1 saturated heterocycles. The summed E-state index contributed by atoms with van der Waals surface area (Å²) in [6.45, 7) is 9.86. The number of nitrogens with two attached hydrogens (primary N) is 1. The number of pyridine rings is 1. The van der Waals surface area contributed by atoms with Crippen molar-refractivity contribution >= 4 is 35.1 Å². The first-order chi connectivity index (χ1) is 17.6. The molecule has 3 heterocycles. The lowest BCUT2D eigenvalue weighted by molar-refractivity contribution is 0.0527. The van der Waals surface area contributed by atoms with E-state index in [0.29, 0.717) is 62.2 Å². The first-order valence-corrected chi connectivity index (χ1v) is 12.6. The maximum atomic E-state index is 12.2. The van der Waals surface area contributed by atoms with Crippen molar-refractivity contribution in [2.24, 2.45) is 5.73 Å². The molecule has 0 unspecified atom stereocenters. The number of hydrogen-bond acceptors (Lipinski definition) is 10. The minimum Gasteiger partial charge on any atom is -0.444 e. The van der Waals surface area contributed by atoms with Gasteiger partial charge in [0.25, 0.3) is 5.91 Å². The van der Waals surface area contributed by atoms with E-state index < -0.39 is 17.6 Å². The third-order valence-corrected chi connectivity index (χ3v) is 5.45. The summed E-state index contributed by atoms with van der Waals surface area (Å²) in [5, 5.41) is 12.6. The summed E-state index contributed by atoms with van der Waals surface area (Å²) in [5.41, 5.74) is 6.52. The lowest BCUT2D eigenvalue weighted by atomic mass is 10.1. The number of rotatable bonds is 11. The van der Waals surface area contributed by atoms with Gasteiger partial charge in [0.2, 0.25) is 0 Å². The number of carbonyl (C=O) groups excluding carboxylic acids is 2. The molecule has 2 aromatic rings. The zero-order valence-electron chi connectivity index (χ0n) is 22.0. The van der Waals surface area contributed by atoms with E-state index in [1.165, 1.54) is 0 Å². The monoisotopic (exact) mass is 514 g/mol. The molecule has 0 aliphatic carbocycles. The lowest BCUT2D eigenvalue weighted by Gasteiger charge is -2.25. The van der Waals surface area contributed by atoms with Gasteiger partial charge in [0.15, 0.2) is 17.3 Å². The predicted molar refractivity (Wildman–Crippen MR) is 142 cm³/mol. The number of nitrogens with zero attached hydrogens (tertiary/aromatic N) is 3. The molecule has 0 radical (unpaired) electrons. The molecule has 0 spiro atoms. The topological polar surface area (TPSA) is 165 Å². The van der Waals surface area contributed by atoms with Gasteiger partial charge in [-0.05, 0) is 52.5 Å². The Bertz CT molecular complexity index is 1070. The molecule has 0 atom stereocenters. The fraction of sp³-hybridized carbons (Fsp3) is 0.560. The van der Waals surface area contributed by atoms with Crippen LogP contribution in [0.15, 0.2) is 18.3 Å². The van der Waals surface area contributed by atoms with Crippen LogP contribution in [0.25, 0.3) is 0 Å². The molecule has 37 heavy (non-hydrogen) atoms. The van der Waals surface area contributed by atoms with Gasteiger partial charge >= 0.3 is 6.09 Å². The van der Waals surface area contributed by atoms with Crippen molar-refractivity contribution in [3.8, 4) is 0 Å². The minimum absolute atomic E-state index is 0.0777. The van der Waals surface area contributed by atoms with E-state index in [2.05, 4.69) is 31.2 Å². The van der Waals surface area contributed by atoms with Crippen LogP contribution in [0, 0.1) is 0 Å². The Morgan fingerprint density at radius 2 is 1.92 bits per heavy atom. The molecule has 6 N–H and O–H groups in total. The number of ether oxygens (including phenoxy) is 2. The number of nitrogens with one attached hydrogen (secondary N) is 4. The Morgan fingerprint density at radius 3 is 2.59 bits per heavy atom. The predicted octanol–water partition coefficient (Wildman–Crippen LogP) is 3.19. The highest BCUT2D eigenvalue weighted by molar-refractivity contribution is 5.96. The van der Waals surface area contributed by atoms with Gasteiger partial charge < -0.3 is 36.5 Å². The quantitative estimate of drug-likeness (QED) is 0.281. The van der Waals surface area contributed by atoms with Crippen LogP contribution < -0.4 is 27.0 Å². The van der Waals surface area contributed by atoms with E-state index in [9.17, 15) is 9.59 Å². The van der Waals surface area contributed by atoms with Crippen LogP contribution in [0.4, 0.5) is 27.9 Å². The number of amides is 2. The smallest absolute Gasteiger partial charge is 0.407 e. The van der Waals surface area contributed by atoms with Crippen molar-refractivity contribution in [2.75, 3.05) is 42.3 Å². The Morgan fingerprint density at radius 1 is 1.16 bits per heavy atom. The molecule has 1 aliphatic heterocycles. The number of hydrogen-bond donors (Lipinski definition) is 5. The fourth-order valence-electron chi connectivity index (χ4n) is 3.68. The highest BCUT2D eigenvalue weighted by Crippen LogP contribution is 2.25. The van der Waals surface area contributed by atoms with Crippen molar-refractivity contribution < 1.29 is 19.1 Å².